The smallest absolute Gasteiger partial charge is 0.313 e. The van der Waals surface area contributed by atoms with Gasteiger partial charge in [0.05, 0.1) is 12.9 Å². The number of hydrogen-bond acceptors (Lipinski definition) is 3. The Morgan fingerprint density at radius 1 is 1.44 bits per heavy atom. The van der Waals surface area contributed by atoms with Gasteiger partial charge in [-0.1, -0.05) is 22.0 Å². The SMILES string of the molecule is CCOC(=O)Cc1occc2ccc(Br)c1-2. The molecule has 0 unspecified atom stereocenters. The topological polar surface area (TPSA) is 39.4 Å². The summed E-state index contributed by atoms with van der Waals surface area (Å²) in [6, 6.07) is 5.78. The highest BCUT2D eigenvalue weighted by atomic mass is 79.9. The molecule has 1 aliphatic heterocycles. The van der Waals surface area contributed by atoms with E-state index >= 15 is 0 Å². The van der Waals surface area contributed by atoms with Crippen LogP contribution < -0.4 is 0 Å². The van der Waals surface area contributed by atoms with E-state index in [0.29, 0.717) is 12.4 Å². The van der Waals surface area contributed by atoms with Crippen LogP contribution in [0.25, 0.3) is 11.1 Å². The monoisotopic (exact) mass is 282 g/mol. The highest BCUT2D eigenvalue weighted by molar-refractivity contribution is 9.10. The molecule has 0 bridgehead atoms. The van der Waals surface area contributed by atoms with Crippen molar-refractivity contribution in [2.24, 2.45) is 0 Å². The molecule has 4 heteroatoms. The largest absolute Gasteiger partial charge is 0.468 e. The zero-order valence-corrected chi connectivity index (χ0v) is 10.4. The van der Waals surface area contributed by atoms with E-state index in [4.69, 9.17) is 9.15 Å². The number of rotatable bonds is 3. The third-order valence-electron chi connectivity index (χ3n) is 2.28. The van der Waals surface area contributed by atoms with Crippen LogP contribution in [-0.2, 0) is 16.0 Å². The van der Waals surface area contributed by atoms with Gasteiger partial charge in [0.25, 0.3) is 0 Å². The number of carbonyl (C=O) groups excluding carboxylic acids is 1. The van der Waals surface area contributed by atoms with Crippen LogP contribution in [-0.4, -0.2) is 12.6 Å². The molecule has 0 fully saturated rings. The number of ether oxygens (including phenoxy) is 1. The van der Waals surface area contributed by atoms with E-state index in [1.54, 1.807) is 13.2 Å². The van der Waals surface area contributed by atoms with E-state index in [0.717, 1.165) is 15.6 Å². The van der Waals surface area contributed by atoms with Crippen molar-refractivity contribution in [1.82, 2.24) is 0 Å². The fourth-order valence-corrected chi connectivity index (χ4v) is 2.20. The summed E-state index contributed by atoms with van der Waals surface area (Å²) in [5.74, 6) is 0.361. The third kappa shape index (κ3) is 2.11. The molecule has 84 valence electrons. The first-order valence-corrected chi connectivity index (χ1v) is 5.82. The molecule has 0 atom stereocenters. The minimum Gasteiger partial charge on any atom is -0.468 e. The van der Waals surface area contributed by atoms with Gasteiger partial charge in [0.15, 0.2) is 0 Å². The molecule has 1 aliphatic carbocycles. The molecule has 0 saturated carbocycles. The van der Waals surface area contributed by atoms with E-state index in [1.807, 2.05) is 18.2 Å². The lowest BCUT2D eigenvalue weighted by atomic mass is 10.1. The maximum Gasteiger partial charge on any atom is 0.313 e. The van der Waals surface area contributed by atoms with E-state index in [1.165, 1.54) is 0 Å². The Kier molecular flexibility index (Phi) is 3.29. The van der Waals surface area contributed by atoms with Crippen LogP contribution in [0.15, 0.2) is 33.4 Å². The lowest BCUT2D eigenvalue weighted by Crippen LogP contribution is -2.08. The summed E-state index contributed by atoms with van der Waals surface area (Å²) in [7, 11) is 0. The average molecular weight is 283 g/mol. The summed E-state index contributed by atoms with van der Waals surface area (Å²) in [4.78, 5) is 11.4. The molecule has 0 saturated heterocycles. The van der Waals surface area contributed by atoms with Crippen LogP contribution in [0.2, 0.25) is 0 Å². The van der Waals surface area contributed by atoms with Crippen molar-refractivity contribution in [1.29, 1.82) is 0 Å². The Labute approximate surface area is 102 Å². The highest BCUT2D eigenvalue weighted by Gasteiger charge is 2.17. The summed E-state index contributed by atoms with van der Waals surface area (Å²) in [5, 5.41) is 0. The van der Waals surface area contributed by atoms with E-state index in [-0.39, 0.29) is 12.4 Å². The van der Waals surface area contributed by atoms with Crippen LogP contribution in [0.1, 0.15) is 12.7 Å². The van der Waals surface area contributed by atoms with Crippen LogP contribution >= 0.6 is 15.9 Å². The van der Waals surface area contributed by atoms with Gasteiger partial charge < -0.3 is 9.15 Å². The predicted molar refractivity (Wildman–Crippen MR) is 63.4 cm³/mol. The van der Waals surface area contributed by atoms with Gasteiger partial charge in [0, 0.05) is 10.0 Å². The van der Waals surface area contributed by atoms with E-state index in [2.05, 4.69) is 15.9 Å². The maximum absolute atomic E-state index is 11.4. The molecular weight excluding hydrogens is 272 g/mol. The highest BCUT2D eigenvalue weighted by Crippen LogP contribution is 2.35. The summed E-state index contributed by atoms with van der Waals surface area (Å²) >= 11 is 3.43. The summed E-state index contributed by atoms with van der Waals surface area (Å²) < 4.78 is 11.2. The Bertz CT molecular complexity index is 475. The Hall–Kier alpha value is -1.29. The molecule has 0 N–H and O–H groups in total. The summed E-state index contributed by atoms with van der Waals surface area (Å²) in [6.45, 7) is 2.17. The van der Waals surface area contributed by atoms with Gasteiger partial charge >= 0.3 is 5.97 Å². The zero-order valence-electron chi connectivity index (χ0n) is 8.83. The summed E-state index contributed by atoms with van der Waals surface area (Å²) in [5.41, 5.74) is 1.99. The normalized spacial score (nSPS) is 10.6. The molecule has 0 aromatic rings. The third-order valence-corrected chi connectivity index (χ3v) is 2.94. The first-order chi connectivity index (χ1) is 7.72. The minimum absolute atomic E-state index is 0.161. The number of fused-ring (bicyclic) bond motifs is 1. The second-order valence-corrected chi connectivity index (χ2v) is 4.19. The van der Waals surface area contributed by atoms with Crippen molar-refractivity contribution >= 4 is 21.9 Å². The number of halogens is 1. The average Bonchev–Trinajstić information content (AvgIpc) is 2.62. The first-order valence-electron chi connectivity index (χ1n) is 5.02. The molecule has 0 amide bonds. The Balaban J connectivity index is 2.31. The molecule has 0 spiro atoms. The lowest BCUT2D eigenvalue weighted by molar-refractivity contribution is -0.142. The van der Waals surface area contributed by atoms with Crippen molar-refractivity contribution in [3.05, 3.63) is 34.7 Å². The van der Waals surface area contributed by atoms with Gasteiger partial charge in [0.2, 0.25) is 0 Å². The predicted octanol–water partition coefficient (Wildman–Crippen LogP) is 3.25. The van der Waals surface area contributed by atoms with E-state index in [9.17, 15) is 4.79 Å². The van der Waals surface area contributed by atoms with Crippen molar-refractivity contribution in [3.63, 3.8) is 0 Å². The number of carbonyl (C=O) groups is 1. The van der Waals surface area contributed by atoms with Crippen molar-refractivity contribution < 1.29 is 13.9 Å². The van der Waals surface area contributed by atoms with Crippen LogP contribution in [0.4, 0.5) is 0 Å². The quantitative estimate of drug-likeness (QED) is 0.812. The molecule has 3 nitrogen and oxygen atoms in total. The van der Waals surface area contributed by atoms with Crippen LogP contribution in [0.3, 0.4) is 0 Å². The molecule has 0 aromatic carbocycles. The molecule has 2 rings (SSSR count). The number of esters is 1. The van der Waals surface area contributed by atoms with E-state index < -0.39 is 0 Å². The molecule has 16 heavy (non-hydrogen) atoms. The molecule has 2 aliphatic rings. The van der Waals surface area contributed by atoms with Crippen molar-refractivity contribution in [2.45, 2.75) is 13.3 Å². The van der Waals surface area contributed by atoms with Crippen LogP contribution in [0, 0.1) is 0 Å². The van der Waals surface area contributed by atoms with Crippen molar-refractivity contribution in [3.8, 4) is 11.1 Å². The standard InChI is InChI=1S/C12H11BrO3/c1-2-15-11(14)7-10-12-8(5-6-16-10)3-4-9(12)13/h3-6H,2,7H2,1H3. The van der Waals surface area contributed by atoms with Crippen molar-refractivity contribution in [2.75, 3.05) is 6.61 Å². The fourth-order valence-electron chi connectivity index (χ4n) is 1.62. The Morgan fingerprint density at radius 2 is 2.25 bits per heavy atom. The second-order valence-electron chi connectivity index (χ2n) is 3.34. The fraction of sp³-hybridized carbons (Fsp3) is 0.250. The molecule has 0 aromatic heterocycles. The van der Waals surface area contributed by atoms with Gasteiger partial charge in [-0.05, 0) is 24.6 Å². The number of hydrogen-bond donors (Lipinski definition) is 0. The molecule has 0 radical (unpaired) electrons. The molecular formula is C12H11BrO3. The van der Waals surface area contributed by atoms with Gasteiger partial charge in [-0.15, -0.1) is 0 Å². The second kappa shape index (κ2) is 4.70. The Morgan fingerprint density at radius 3 is 3.00 bits per heavy atom. The first kappa shape index (κ1) is 11.2. The lowest BCUT2D eigenvalue weighted by Gasteiger charge is -2.07. The van der Waals surface area contributed by atoms with Crippen LogP contribution in [0.5, 0.6) is 0 Å². The summed E-state index contributed by atoms with van der Waals surface area (Å²) in [6.07, 6.45) is 1.75. The van der Waals surface area contributed by atoms with Gasteiger partial charge in [0.1, 0.15) is 12.2 Å². The zero-order chi connectivity index (χ0) is 11.5. The van der Waals surface area contributed by atoms with Gasteiger partial charge in [-0.3, -0.25) is 4.79 Å². The molecule has 1 heterocycles. The van der Waals surface area contributed by atoms with Gasteiger partial charge in [-0.2, -0.15) is 0 Å². The maximum atomic E-state index is 11.4. The minimum atomic E-state index is -0.271. The van der Waals surface area contributed by atoms with Gasteiger partial charge in [-0.25, -0.2) is 0 Å².